The predicted octanol–water partition coefficient (Wildman–Crippen LogP) is 3.46. The molecule has 0 spiro atoms. The van der Waals surface area contributed by atoms with E-state index in [2.05, 4.69) is 10.1 Å². The number of ether oxygens (including phenoxy) is 2. The minimum atomic E-state index is -2.87. The second-order valence-electron chi connectivity index (χ2n) is 5.21. The topological polar surface area (TPSA) is 64.6 Å². The third-order valence-electron chi connectivity index (χ3n) is 3.28. The number of esters is 1. The lowest BCUT2D eigenvalue weighted by molar-refractivity contribution is -0.124. The van der Waals surface area contributed by atoms with E-state index in [0.717, 1.165) is 5.56 Å². The van der Waals surface area contributed by atoms with Crippen molar-refractivity contribution in [1.29, 1.82) is 0 Å². The molecular formula is C18H16ClF2NO4. The van der Waals surface area contributed by atoms with E-state index in [1.165, 1.54) is 24.3 Å². The summed E-state index contributed by atoms with van der Waals surface area (Å²) in [5.41, 5.74) is 1.10. The van der Waals surface area contributed by atoms with E-state index in [9.17, 15) is 18.4 Å². The van der Waals surface area contributed by atoms with Gasteiger partial charge in [0.05, 0.1) is 5.56 Å². The Bertz CT molecular complexity index is 753. The van der Waals surface area contributed by atoms with Crippen LogP contribution in [0.25, 0.3) is 0 Å². The van der Waals surface area contributed by atoms with Crippen LogP contribution in [0.5, 0.6) is 5.75 Å². The van der Waals surface area contributed by atoms with Gasteiger partial charge in [-0.2, -0.15) is 8.78 Å². The number of carbonyl (C=O) groups excluding carboxylic acids is 2. The molecule has 138 valence electrons. The van der Waals surface area contributed by atoms with E-state index in [1.54, 1.807) is 24.3 Å². The van der Waals surface area contributed by atoms with Gasteiger partial charge >= 0.3 is 12.6 Å². The highest BCUT2D eigenvalue weighted by atomic mass is 35.5. The summed E-state index contributed by atoms with van der Waals surface area (Å²) in [6.45, 7) is -2.97. The molecule has 2 aromatic rings. The molecule has 0 bridgehead atoms. The van der Waals surface area contributed by atoms with Crippen LogP contribution >= 0.6 is 11.6 Å². The summed E-state index contributed by atoms with van der Waals surface area (Å²) in [4.78, 5) is 23.5. The number of rotatable bonds is 8. The second kappa shape index (κ2) is 9.72. The first-order valence-corrected chi connectivity index (χ1v) is 8.05. The zero-order valence-corrected chi connectivity index (χ0v) is 14.3. The van der Waals surface area contributed by atoms with Gasteiger partial charge in [0.25, 0.3) is 5.91 Å². The molecule has 0 radical (unpaired) electrons. The van der Waals surface area contributed by atoms with Crippen molar-refractivity contribution in [3.8, 4) is 5.75 Å². The summed E-state index contributed by atoms with van der Waals surface area (Å²) in [5.74, 6) is -1.02. The maximum Gasteiger partial charge on any atom is 0.387 e. The number of benzene rings is 2. The summed E-state index contributed by atoms with van der Waals surface area (Å²) in [6.07, 6.45) is 0.489. The van der Waals surface area contributed by atoms with Crippen molar-refractivity contribution in [3.63, 3.8) is 0 Å². The average molecular weight is 384 g/mol. The van der Waals surface area contributed by atoms with Crippen molar-refractivity contribution in [2.75, 3.05) is 13.2 Å². The van der Waals surface area contributed by atoms with E-state index in [0.29, 0.717) is 18.0 Å². The van der Waals surface area contributed by atoms with Gasteiger partial charge in [0, 0.05) is 11.6 Å². The molecule has 1 N–H and O–H groups in total. The van der Waals surface area contributed by atoms with Crippen LogP contribution in [0.2, 0.25) is 5.02 Å². The number of hydrogen-bond donors (Lipinski definition) is 1. The number of hydrogen-bond acceptors (Lipinski definition) is 4. The van der Waals surface area contributed by atoms with Crippen molar-refractivity contribution in [1.82, 2.24) is 5.32 Å². The summed E-state index contributed by atoms with van der Waals surface area (Å²) >= 11 is 5.78. The van der Waals surface area contributed by atoms with Crippen LogP contribution in [0.15, 0.2) is 48.5 Å². The van der Waals surface area contributed by atoms with E-state index < -0.39 is 25.1 Å². The molecule has 0 fully saturated rings. The lowest BCUT2D eigenvalue weighted by atomic mass is 10.1. The third kappa shape index (κ3) is 6.68. The molecule has 0 saturated heterocycles. The molecule has 0 heterocycles. The Hall–Kier alpha value is -2.67. The summed E-state index contributed by atoms with van der Waals surface area (Å²) in [7, 11) is 0. The highest BCUT2D eigenvalue weighted by Gasteiger charge is 2.10. The van der Waals surface area contributed by atoms with Gasteiger partial charge in [-0.25, -0.2) is 4.79 Å². The van der Waals surface area contributed by atoms with Crippen LogP contribution < -0.4 is 10.1 Å². The molecule has 26 heavy (non-hydrogen) atoms. The van der Waals surface area contributed by atoms with Gasteiger partial charge in [0.15, 0.2) is 6.61 Å². The number of amides is 1. The normalized spacial score (nSPS) is 10.5. The molecule has 0 aromatic heterocycles. The fourth-order valence-electron chi connectivity index (χ4n) is 2.06. The molecule has 8 heteroatoms. The summed E-state index contributed by atoms with van der Waals surface area (Å²) in [5, 5.41) is 3.00. The minimum Gasteiger partial charge on any atom is -0.452 e. The first kappa shape index (κ1) is 19.7. The molecule has 5 nitrogen and oxygen atoms in total. The number of carbonyl (C=O) groups is 2. The molecule has 0 aliphatic rings. The monoisotopic (exact) mass is 383 g/mol. The van der Waals surface area contributed by atoms with Crippen molar-refractivity contribution in [2.24, 2.45) is 0 Å². The van der Waals surface area contributed by atoms with E-state index in [4.69, 9.17) is 16.3 Å². The van der Waals surface area contributed by atoms with Gasteiger partial charge in [-0.15, -0.1) is 0 Å². The molecular weight excluding hydrogens is 368 g/mol. The fraction of sp³-hybridized carbons (Fsp3) is 0.222. The van der Waals surface area contributed by atoms with Crippen molar-refractivity contribution in [3.05, 3.63) is 64.7 Å². The van der Waals surface area contributed by atoms with Crippen LogP contribution in [0.3, 0.4) is 0 Å². The molecule has 0 atom stereocenters. The van der Waals surface area contributed by atoms with Crippen molar-refractivity contribution < 1.29 is 27.8 Å². The Morgan fingerprint density at radius 2 is 1.85 bits per heavy atom. The largest absolute Gasteiger partial charge is 0.452 e. The van der Waals surface area contributed by atoms with Gasteiger partial charge in [-0.1, -0.05) is 29.8 Å². The predicted molar refractivity (Wildman–Crippen MR) is 91.5 cm³/mol. The number of nitrogens with one attached hydrogen (secondary N) is 1. The number of halogens is 3. The maximum absolute atomic E-state index is 12.1. The van der Waals surface area contributed by atoms with Gasteiger partial charge in [0.2, 0.25) is 0 Å². The Labute approximate surface area is 153 Å². The first-order valence-electron chi connectivity index (χ1n) is 7.67. The molecule has 2 rings (SSSR count). The second-order valence-corrected chi connectivity index (χ2v) is 5.65. The highest BCUT2D eigenvalue weighted by Crippen LogP contribution is 2.15. The lowest BCUT2D eigenvalue weighted by Gasteiger charge is -2.08. The average Bonchev–Trinajstić information content (AvgIpc) is 2.60. The Morgan fingerprint density at radius 1 is 1.12 bits per heavy atom. The first-order chi connectivity index (χ1) is 12.4. The van der Waals surface area contributed by atoms with Gasteiger partial charge in [-0.3, -0.25) is 4.79 Å². The minimum absolute atomic E-state index is 0.0701. The van der Waals surface area contributed by atoms with E-state index in [-0.39, 0.29) is 11.3 Å². The van der Waals surface area contributed by atoms with Crippen molar-refractivity contribution >= 4 is 23.5 Å². The SMILES string of the molecule is O=C(COC(=O)c1cccc(Cl)c1)NCCc1ccc(OC(F)F)cc1. The smallest absolute Gasteiger partial charge is 0.387 e. The number of alkyl halides is 2. The van der Waals surface area contributed by atoms with E-state index in [1.807, 2.05) is 0 Å². The third-order valence-corrected chi connectivity index (χ3v) is 3.51. The quantitative estimate of drug-likeness (QED) is 0.709. The summed E-state index contributed by atoms with van der Waals surface area (Å²) < 4.78 is 33.3. The zero-order chi connectivity index (χ0) is 18.9. The van der Waals surface area contributed by atoms with Gasteiger partial charge in [0.1, 0.15) is 5.75 Å². The maximum atomic E-state index is 12.1. The zero-order valence-electron chi connectivity index (χ0n) is 13.6. The molecule has 0 unspecified atom stereocenters. The van der Waals surface area contributed by atoms with Crippen LogP contribution in [0, 0.1) is 0 Å². The highest BCUT2D eigenvalue weighted by molar-refractivity contribution is 6.30. The van der Waals surface area contributed by atoms with Crippen LogP contribution in [0.4, 0.5) is 8.78 Å². The van der Waals surface area contributed by atoms with E-state index >= 15 is 0 Å². The van der Waals surface area contributed by atoms with Crippen LogP contribution in [-0.4, -0.2) is 31.6 Å². The lowest BCUT2D eigenvalue weighted by Crippen LogP contribution is -2.30. The Kier molecular flexibility index (Phi) is 7.35. The van der Waals surface area contributed by atoms with Crippen LogP contribution in [0.1, 0.15) is 15.9 Å². The Morgan fingerprint density at radius 3 is 2.50 bits per heavy atom. The molecule has 0 saturated carbocycles. The van der Waals surface area contributed by atoms with Crippen molar-refractivity contribution in [2.45, 2.75) is 13.0 Å². The Balaban J connectivity index is 1.69. The van der Waals surface area contributed by atoms with Gasteiger partial charge < -0.3 is 14.8 Å². The fourth-order valence-corrected chi connectivity index (χ4v) is 2.26. The molecule has 0 aliphatic heterocycles. The van der Waals surface area contributed by atoms with Gasteiger partial charge in [-0.05, 0) is 42.3 Å². The molecule has 2 aromatic carbocycles. The molecule has 1 amide bonds. The van der Waals surface area contributed by atoms with Crippen LogP contribution in [-0.2, 0) is 16.0 Å². The molecule has 0 aliphatic carbocycles. The standard InChI is InChI=1S/C18H16ClF2NO4/c19-14-3-1-2-13(10-14)17(24)25-11-16(23)22-9-8-12-4-6-15(7-5-12)26-18(20)21/h1-7,10,18H,8-9,11H2,(H,22,23). The summed E-state index contributed by atoms with van der Waals surface area (Å²) in [6, 6.07) is 12.3.